The van der Waals surface area contributed by atoms with Crippen molar-refractivity contribution in [3.8, 4) is 55.6 Å². The predicted octanol–water partition coefficient (Wildman–Crippen LogP) is 17.1. The molecule has 282 valence electrons. The van der Waals surface area contributed by atoms with Crippen LogP contribution in [0.15, 0.2) is 223 Å². The van der Waals surface area contributed by atoms with Crippen LogP contribution in [0.5, 0.6) is 0 Å². The molecule has 0 fully saturated rings. The highest BCUT2D eigenvalue weighted by molar-refractivity contribution is 6.28. The first kappa shape index (κ1) is 33.9. The maximum Gasteiger partial charge on any atom is 0.143 e. The summed E-state index contributed by atoms with van der Waals surface area (Å²) >= 11 is 0. The number of furan rings is 1. The van der Waals surface area contributed by atoms with Gasteiger partial charge in [-0.05, 0) is 134 Å². The molecule has 0 bridgehead atoms. The van der Waals surface area contributed by atoms with Crippen LogP contribution in [0.1, 0.15) is 0 Å². The summed E-state index contributed by atoms with van der Waals surface area (Å²) in [4.78, 5) is 0. The molecule has 0 atom stereocenters. The highest BCUT2D eigenvalue weighted by Crippen LogP contribution is 2.47. The van der Waals surface area contributed by atoms with Gasteiger partial charge in [-0.3, -0.25) is 0 Å². The van der Waals surface area contributed by atoms with Gasteiger partial charge in [0, 0.05) is 16.3 Å². The normalized spacial score (nSPS) is 11.9. The van der Waals surface area contributed by atoms with Crippen molar-refractivity contribution < 1.29 is 4.42 Å². The first-order valence-corrected chi connectivity index (χ1v) is 21.1. The Hall–Kier alpha value is -8.00. The summed E-state index contributed by atoms with van der Waals surface area (Å²) in [6, 6.07) is 80.0. The van der Waals surface area contributed by atoms with Gasteiger partial charge in [0.2, 0.25) is 0 Å². The van der Waals surface area contributed by atoms with Crippen molar-refractivity contribution in [3.63, 3.8) is 0 Å². The number of benzene rings is 12. The zero-order valence-electron chi connectivity index (χ0n) is 33.2. The second-order valence-corrected chi connectivity index (χ2v) is 16.4. The summed E-state index contributed by atoms with van der Waals surface area (Å²) in [5.41, 5.74) is 13.7. The van der Waals surface area contributed by atoms with E-state index in [2.05, 4.69) is 218 Å². The van der Waals surface area contributed by atoms with Gasteiger partial charge in [0.15, 0.2) is 0 Å². The molecule has 0 N–H and O–H groups in total. The molecule has 0 unspecified atom stereocenters. The fourth-order valence-corrected chi connectivity index (χ4v) is 10.1. The second kappa shape index (κ2) is 13.3. The summed E-state index contributed by atoms with van der Waals surface area (Å²) in [6.07, 6.45) is 0. The highest BCUT2D eigenvalue weighted by atomic mass is 16.3. The maximum absolute atomic E-state index is 7.08. The van der Waals surface area contributed by atoms with Crippen LogP contribution >= 0.6 is 0 Å². The van der Waals surface area contributed by atoms with Gasteiger partial charge >= 0.3 is 0 Å². The van der Waals surface area contributed by atoms with E-state index < -0.39 is 0 Å². The number of fused-ring (bicyclic) bond motifs is 5. The first-order chi connectivity index (χ1) is 30.2. The Kier molecular flexibility index (Phi) is 7.37. The predicted molar refractivity (Wildman–Crippen MR) is 260 cm³/mol. The summed E-state index contributed by atoms with van der Waals surface area (Å²) in [5, 5.41) is 14.7. The van der Waals surface area contributed by atoms with Crippen LogP contribution in [0, 0.1) is 0 Å². The lowest BCUT2D eigenvalue weighted by Crippen LogP contribution is -1.91. The third-order valence-corrected chi connectivity index (χ3v) is 13.0. The van der Waals surface area contributed by atoms with E-state index in [1.54, 1.807) is 0 Å². The molecular weight excluding hydrogens is 737 g/mol. The van der Waals surface area contributed by atoms with E-state index in [-0.39, 0.29) is 0 Å². The molecule has 0 aliphatic heterocycles. The third-order valence-electron chi connectivity index (χ3n) is 13.0. The number of hydrogen-bond donors (Lipinski definition) is 0. The molecule has 61 heavy (non-hydrogen) atoms. The van der Waals surface area contributed by atoms with Gasteiger partial charge < -0.3 is 4.42 Å². The first-order valence-electron chi connectivity index (χ1n) is 21.1. The molecule has 1 heterocycles. The minimum absolute atomic E-state index is 0.889. The zero-order chi connectivity index (χ0) is 40.0. The minimum atomic E-state index is 0.889. The number of rotatable bonds is 5. The van der Waals surface area contributed by atoms with E-state index in [0.29, 0.717) is 0 Å². The average molecular weight is 773 g/mol. The van der Waals surface area contributed by atoms with E-state index in [0.717, 1.165) is 38.5 Å². The minimum Gasteiger partial charge on any atom is -0.455 e. The highest BCUT2D eigenvalue weighted by Gasteiger charge is 2.21. The Morgan fingerprint density at radius 2 is 0.738 bits per heavy atom. The monoisotopic (exact) mass is 772 g/mol. The Morgan fingerprint density at radius 3 is 1.39 bits per heavy atom. The van der Waals surface area contributed by atoms with Crippen LogP contribution in [0.2, 0.25) is 0 Å². The van der Waals surface area contributed by atoms with Crippen molar-refractivity contribution in [1.29, 1.82) is 0 Å². The van der Waals surface area contributed by atoms with E-state index in [9.17, 15) is 0 Å². The molecule has 12 aromatic carbocycles. The van der Waals surface area contributed by atoms with Gasteiger partial charge in [0.1, 0.15) is 11.2 Å². The van der Waals surface area contributed by atoms with Crippen molar-refractivity contribution >= 4 is 75.8 Å². The topological polar surface area (TPSA) is 13.1 Å². The van der Waals surface area contributed by atoms with Gasteiger partial charge in [-0.15, -0.1) is 0 Å². The van der Waals surface area contributed by atoms with Crippen molar-refractivity contribution in [1.82, 2.24) is 0 Å². The molecule has 0 saturated heterocycles. The molecule has 1 nitrogen and oxygen atoms in total. The van der Waals surface area contributed by atoms with Crippen LogP contribution in [0.4, 0.5) is 0 Å². The van der Waals surface area contributed by atoms with E-state index in [1.807, 2.05) is 0 Å². The van der Waals surface area contributed by atoms with Crippen molar-refractivity contribution in [2.75, 3.05) is 0 Å². The lowest BCUT2D eigenvalue weighted by Gasteiger charge is -2.17. The van der Waals surface area contributed by atoms with E-state index in [4.69, 9.17) is 4.42 Å². The van der Waals surface area contributed by atoms with Crippen molar-refractivity contribution in [2.45, 2.75) is 0 Å². The summed E-state index contributed by atoms with van der Waals surface area (Å²) < 4.78 is 7.08. The molecule has 13 rings (SSSR count). The van der Waals surface area contributed by atoms with Crippen LogP contribution < -0.4 is 0 Å². The SMILES string of the molecule is c1ccc(-c2ccc3cc4c(cc3c2)oc2c(-c3ccc(-c5ccccc5)c5ccccc35)cc(-c3ccc5ccc6c(-c7ccccc7)ccc7ccc3c5c76)cc24)cc1. The quantitative estimate of drug-likeness (QED) is 0.159. The Labute approximate surface area is 352 Å². The summed E-state index contributed by atoms with van der Waals surface area (Å²) in [6.45, 7) is 0. The second-order valence-electron chi connectivity index (χ2n) is 16.4. The zero-order valence-corrected chi connectivity index (χ0v) is 33.2. The summed E-state index contributed by atoms with van der Waals surface area (Å²) in [5.74, 6) is 0. The molecule has 13 aromatic rings. The average Bonchev–Trinajstić information content (AvgIpc) is 3.69. The van der Waals surface area contributed by atoms with Crippen LogP contribution in [-0.4, -0.2) is 0 Å². The molecule has 0 spiro atoms. The molecule has 1 heteroatoms. The van der Waals surface area contributed by atoms with Gasteiger partial charge in [0.25, 0.3) is 0 Å². The lowest BCUT2D eigenvalue weighted by molar-refractivity contribution is 0.670. The maximum atomic E-state index is 7.08. The molecule has 0 amide bonds. The molecule has 0 radical (unpaired) electrons. The van der Waals surface area contributed by atoms with Gasteiger partial charge in [0.05, 0.1) is 0 Å². The Morgan fingerprint density at radius 1 is 0.230 bits per heavy atom. The lowest BCUT2D eigenvalue weighted by atomic mass is 9.86. The molecule has 0 aliphatic carbocycles. The smallest absolute Gasteiger partial charge is 0.143 e. The van der Waals surface area contributed by atoms with E-state index in [1.165, 1.54) is 93.0 Å². The van der Waals surface area contributed by atoms with Crippen molar-refractivity contribution in [3.05, 3.63) is 218 Å². The Bertz CT molecular complexity index is 3840. The summed E-state index contributed by atoms with van der Waals surface area (Å²) in [7, 11) is 0. The van der Waals surface area contributed by atoms with Crippen LogP contribution in [0.25, 0.3) is 131 Å². The van der Waals surface area contributed by atoms with Gasteiger partial charge in [-0.1, -0.05) is 188 Å². The largest absolute Gasteiger partial charge is 0.455 e. The molecule has 0 aliphatic rings. The van der Waals surface area contributed by atoms with Gasteiger partial charge in [-0.25, -0.2) is 0 Å². The van der Waals surface area contributed by atoms with Crippen LogP contribution in [0.3, 0.4) is 0 Å². The number of hydrogen-bond acceptors (Lipinski definition) is 1. The van der Waals surface area contributed by atoms with Crippen LogP contribution in [-0.2, 0) is 0 Å². The molecular formula is C60H36O. The van der Waals surface area contributed by atoms with Gasteiger partial charge in [-0.2, -0.15) is 0 Å². The third kappa shape index (κ3) is 5.27. The fraction of sp³-hybridized carbons (Fsp3) is 0. The Balaban J connectivity index is 1.09. The fourth-order valence-electron chi connectivity index (χ4n) is 10.1. The van der Waals surface area contributed by atoms with E-state index >= 15 is 0 Å². The standard InChI is InChI=1S/C60H36O/c1-4-12-37(13-5-1)42-20-21-43-33-54-56-35-45(48-27-23-41-24-28-52-47(39-16-8-3-9-17-39)26-22-40-25-29-53(48)59(41)58(40)52)34-55(60(56)61-57(54)36-44(43)32-42)51-31-30-46(38-14-6-2-7-15-38)49-18-10-11-19-50(49)51/h1-36H. The molecule has 0 saturated carbocycles. The van der Waals surface area contributed by atoms with Crippen molar-refractivity contribution in [2.24, 2.45) is 0 Å². The molecule has 1 aromatic heterocycles.